The first kappa shape index (κ1) is 52.2. The highest BCUT2D eigenvalue weighted by Gasteiger charge is 2.55. The number of nitrogens with one attached hydrogen (secondary N) is 1. The number of nitriles is 1. The van der Waals surface area contributed by atoms with E-state index in [9.17, 15) is 33.8 Å². The minimum atomic E-state index is -5.30. The van der Waals surface area contributed by atoms with Crippen molar-refractivity contribution in [1.82, 2.24) is 20.0 Å². The van der Waals surface area contributed by atoms with Gasteiger partial charge in [0.15, 0.2) is 10.2 Å². The molecular formula is C49H62F2N5O8PS2. The Morgan fingerprint density at radius 3 is 2.06 bits per heavy atom. The minimum absolute atomic E-state index is 0.0573. The van der Waals surface area contributed by atoms with Crippen molar-refractivity contribution in [3.8, 4) is 6.07 Å². The highest BCUT2D eigenvalue weighted by atomic mass is 32.2. The maximum absolute atomic E-state index is 16.6. The first-order valence-corrected chi connectivity index (χ1v) is 26.3. The zero-order chi connectivity index (χ0) is 48.9. The maximum Gasteiger partial charge on any atom is 0.404 e. The second-order valence-corrected chi connectivity index (χ2v) is 23.7. The third kappa shape index (κ3) is 12.2. The van der Waals surface area contributed by atoms with Gasteiger partial charge in [0.25, 0.3) is 5.91 Å². The van der Waals surface area contributed by atoms with Gasteiger partial charge in [-0.25, -0.2) is 0 Å². The van der Waals surface area contributed by atoms with Gasteiger partial charge in [-0.3, -0.25) is 28.5 Å². The predicted molar refractivity (Wildman–Crippen MR) is 258 cm³/mol. The van der Waals surface area contributed by atoms with E-state index in [1.165, 1.54) is 18.2 Å². The third-order valence-electron chi connectivity index (χ3n) is 12.5. The van der Waals surface area contributed by atoms with Crippen LogP contribution in [-0.4, -0.2) is 118 Å². The topological polar surface area (TPSA) is 166 Å². The Morgan fingerprint density at radius 2 is 1.46 bits per heavy atom. The van der Waals surface area contributed by atoms with E-state index in [2.05, 4.69) is 16.3 Å². The van der Waals surface area contributed by atoms with Gasteiger partial charge >= 0.3 is 13.3 Å². The van der Waals surface area contributed by atoms with E-state index in [0.29, 0.717) is 44.3 Å². The fraction of sp³-hybridized carbons (Fsp3) is 0.551. The third-order valence-corrected chi connectivity index (χ3v) is 17.0. The molecule has 3 heterocycles. The standard InChI is InChI=1S/C49H62F2N5O8PS2/c1-8-54-21-20-38-18-19-41(44(59)55-29-36(28-52)39(30-55)33-12-10-9-11-13-33)56(38)43(58)40(31-54)53-42(57)34-15-14-32-16-17-37(27-35(32)26-34)49(50,51)65(62,63-22-24-66-45(60)47(2,3)4)64-23-25-67-46(61)48(5,6)7/h9-17,26-27,36,38-41H,8,18-25,29-31H2,1-7H3,(H,53,57)/t36-,38+,39+,40-,41-/m0/s1. The molecule has 0 bridgehead atoms. The lowest BCUT2D eigenvalue weighted by molar-refractivity contribution is -0.147. The number of carbonyl (C=O) groups excluding carboxylic acids is 5. The van der Waals surface area contributed by atoms with Gasteiger partial charge in [0.1, 0.15) is 12.1 Å². The SMILES string of the molecule is CCN1CC[C@H]2CC[C@@H](C(=O)N3C[C@H](c4ccccc4)[C@@H](C#N)C3)N2C(=O)[C@@H](NC(=O)c2ccc3ccc(C(F)(F)P(=O)(OCCSC(=O)C(C)(C)C)OCCSC(=O)C(C)(C)C)cc3c2)C1. The molecule has 0 aromatic heterocycles. The summed E-state index contributed by atoms with van der Waals surface area (Å²) >= 11 is 1.75. The van der Waals surface area contributed by atoms with Crippen LogP contribution in [0.3, 0.4) is 0 Å². The van der Waals surface area contributed by atoms with Crippen molar-refractivity contribution in [1.29, 1.82) is 5.26 Å². The Morgan fingerprint density at radius 1 is 0.836 bits per heavy atom. The lowest BCUT2D eigenvalue weighted by Gasteiger charge is -2.39. The van der Waals surface area contributed by atoms with Gasteiger partial charge in [-0.1, -0.05) is 121 Å². The van der Waals surface area contributed by atoms with Crippen molar-refractivity contribution >= 4 is 69.8 Å². The molecular weight excluding hydrogens is 920 g/mol. The Kier molecular flexibility index (Phi) is 16.9. The summed E-state index contributed by atoms with van der Waals surface area (Å²) in [6.07, 6.45) is 1.73. The van der Waals surface area contributed by atoms with Crippen LogP contribution in [-0.2, 0) is 38.5 Å². The average Bonchev–Trinajstić information content (AvgIpc) is 3.93. The summed E-state index contributed by atoms with van der Waals surface area (Å²) in [6, 6.07) is 18.2. The van der Waals surface area contributed by atoms with Gasteiger partial charge in [-0.15, -0.1) is 0 Å². The van der Waals surface area contributed by atoms with Crippen LogP contribution >= 0.6 is 31.1 Å². The van der Waals surface area contributed by atoms with E-state index < -0.39 is 66.8 Å². The Hall–Kier alpha value is -4.17. The van der Waals surface area contributed by atoms with E-state index in [1.807, 2.05) is 37.3 Å². The fourth-order valence-electron chi connectivity index (χ4n) is 8.63. The summed E-state index contributed by atoms with van der Waals surface area (Å²) in [7, 11) is -5.30. The average molecular weight is 982 g/mol. The molecule has 0 radical (unpaired) electrons. The van der Waals surface area contributed by atoms with Crippen molar-refractivity contribution in [2.75, 3.05) is 57.4 Å². The van der Waals surface area contributed by atoms with Gasteiger partial charge < -0.3 is 29.1 Å². The molecule has 3 aliphatic rings. The molecule has 0 spiro atoms. The number of thioether (sulfide) groups is 2. The molecule has 1 N–H and O–H groups in total. The van der Waals surface area contributed by atoms with Gasteiger partial charge in [0, 0.05) is 71.6 Å². The number of benzene rings is 3. The molecule has 0 unspecified atom stereocenters. The van der Waals surface area contributed by atoms with Crippen LogP contribution < -0.4 is 5.32 Å². The van der Waals surface area contributed by atoms with Gasteiger partial charge in [-0.2, -0.15) is 14.0 Å². The number of fused-ring (bicyclic) bond motifs is 2. The van der Waals surface area contributed by atoms with E-state index in [1.54, 1.807) is 57.4 Å². The Balaban J connectivity index is 1.21. The molecule has 3 saturated heterocycles. The number of likely N-dealkylation sites (N-methyl/N-ethyl adjacent to an activating group) is 1. The van der Waals surface area contributed by atoms with Crippen LogP contribution in [0.1, 0.15) is 95.1 Å². The van der Waals surface area contributed by atoms with E-state index >= 15 is 8.78 Å². The molecule has 13 nitrogen and oxygen atoms in total. The van der Waals surface area contributed by atoms with Crippen molar-refractivity contribution in [2.24, 2.45) is 16.7 Å². The summed E-state index contributed by atoms with van der Waals surface area (Å²) in [6.45, 7) is 13.4. The molecule has 3 aromatic carbocycles. The zero-order valence-electron chi connectivity index (χ0n) is 39.3. The Bertz CT molecular complexity index is 2370. The van der Waals surface area contributed by atoms with Gasteiger partial charge in [0.2, 0.25) is 11.8 Å². The second-order valence-electron chi connectivity index (χ2n) is 19.5. The number of likely N-dealkylation sites (tertiary alicyclic amines) is 1. The molecule has 362 valence electrons. The van der Waals surface area contributed by atoms with Crippen LogP contribution in [0.2, 0.25) is 0 Å². The number of halogens is 2. The van der Waals surface area contributed by atoms with Crippen LogP contribution in [0, 0.1) is 28.1 Å². The van der Waals surface area contributed by atoms with Crippen molar-refractivity contribution in [2.45, 2.75) is 97.4 Å². The van der Waals surface area contributed by atoms with Crippen LogP contribution in [0.25, 0.3) is 10.8 Å². The summed E-state index contributed by atoms with van der Waals surface area (Å²) in [5.74, 6) is -1.89. The van der Waals surface area contributed by atoms with E-state index in [-0.39, 0.29) is 69.5 Å². The van der Waals surface area contributed by atoms with Gasteiger partial charge in [0.05, 0.1) is 25.2 Å². The number of amides is 3. The highest BCUT2D eigenvalue weighted by molar-refractivity contribution is 8.14. The summed E-state index contributed by atoms with van der Waals surface area (Å²) in [5, 5.41) is 13.3. The lowest BCUT2D eigenvalue weighted by atomic mass is 9.90. The number of nitrogens with zero attached hydrogens (tertiary/aromatic N) is 4. The molecule has 5 atom stereocenters. The number of alkyl halides is 2. The molecule has 18 heteroatoms. The van der Waals surface area contributed by atoms with Gasteiger partial charge in [-0.05, 0) is 60.3 Å². The Labute approximate surface area is 400 Å². The van der Waals surface area contributed by atoms with Crippen molar-refractivity contribution in [3.63, 3.8) is 0 Å². The molecule has 3 aliphatic heterocycles. The van der Waals surface area contributed by atoms with E-state index in [0.717, 1.165) is 41.2 Å². The van der Waals surface area contributed by atoms with E-state index in [4.69, 9.17) is 9.05 Å². The molecule has 3 aromatic rings. The molecule has 6 rings (SSSR count). The highest BCUT2D eigenvalue weighted by Crippen LogP contribution is 2.67. The summed E-state index contributed by atoms with van der Waals surface area (Å²) in [5.41, 5.74) is -5.22. The number of carbonyl (C=O) groups is 5. The van der Waals surface area contributed by atoms with Crippen molar-refractivity contribution < 1.29 is 46.4 Å². The fourth-order valence-corrected chi connectivity index (χ4v) is 12.0. The number of hydrogen-bond acceptors (Lipinski definition) is 12. The zero-order valence-corrected chi connectivity index (χ0v) is 41.8. The molecule has 0 saturated carbocycles. The maximum atomic E-state index is 16.6. The second kappa shape index (κ2) is 21.6. The van der Waals surface area contributed by atoms with Crippen LogP contribution in [0.4, 0.5) is 8.78 Å². The predicted octanol–water partition coefficient (Wildman–Crippen LogP) is 8.68. The smallest absolute Gasteiger partial charge is 0.339 e. The molecule has 0 aliphatic carbocycles. The normalized spacial score (nSPS) is 22.0. The molecule has 3 fully saturated rings. The summed E-state index contributed by atoms with van der Waals surface area (Å²) < 4.78 is 58.2. The largest absolute Gasteiger partial charge is 0.404 e. The number of hydrogen-bond donors (Lipinski definition) is 1. The van der Waals surface area contributed by atoms with Crippen molar-refractivity contribution in [3.05, 3.63) is 83.4 Å². The summed E-state index contributed by atoms with van der Waals surface area (Å²) in [4.78, 5) is 73.5. The molecule has 67 heavy (non-hydrogen) atoms. The minimum Gasteiger partial charge on any atom is -0.339 e. The van der Waals surface area contributed by atoms with Crippen LogP contribution in [0.15, 0.2) is 66.7 Å². The monoisotopic (exact) mass is 981 g/mol. The molecule has 3 amide bonds. The first-order chi connectivity index (χ1) is 31.6. The first-order valence-electron chi connectivity index (χ1n) is 22.8. The lowest BCUT2D eigenvalue weighted by Crippen LogP contribution is -2.60. The quantitative estimate of drug-likeness (QED) is 0.114. The number of rotatable bonds is 15. The van der Waals surface area contributed by atoms with Crippen LogP contribution in [0.5, 0.6) is 0 Å².